The number of aromatic nitrogens is 2. The smallest absolute Gasteiger partial charge is 0.115 e. The van der Waals surface area contributed by atoms with Crippen molar-refractivity contribution in [1.29, 1.82) is 0 Å². The van der Waals surface area contributed by atoms with Gasteiger partial charge in [-0.3, -0.25) is 0 Å². The van der Waals surface area contributed by atoms with Crippen LogP contribution in [0.25, 0.3) is 11.1 Å². The number of allylic oxidation sites excluding steroid dienone is 9. The van der Waals surface area contributed by atoms with Crippen molar-refractivity contribution in [2.45, 2.75) is 108 Å². The summed E-state index contributed by atoms with van der Waals surface area (Å²) in [6.45, 7) is 30.0. The molecule has 1 aromatic carbocycles. The molecule has 1 aromatic heterocycles. The van der Waals surface area contributed by atoms with Crippen molar-refractivity contribution >= 4 is 11.1 Å². The molecule has 0 aliphatic carbocycles. The Morgan fingerprint density at radius 2 is 1.61 bits per heavy atom. The van der Waals surface area contributed by atoms with Gasteiger partial charge in [0, 0.05) is 24.5 Å². The molecule has 0 unspecified atom stereocenters. The molecule has 0 saturated carbocycles. The van der Waals surface area contributed by atoms with E-state index in [-0.39, 0.29) is 0 Å². The van der Waals surface area contributed by atoms with Crippen LogP contribution in [-0.4, -0.2) is 34.5 Å². The second-order valence-corrected chi connectivity index (χ2v) is 13.0. The predicted molar refractivity (Wildman–Crippen MR) is 197 cm³/mol. The largest absolute Gasteiger partial charge is 0.303 e. The summed E-state index contributed by atoms with van der Waals surface area (Å²) in [5, 5.41) is 0. The molecule has 2 aromatic rings. The van der Waals surface area contributed by atoms with Crippen molar-refractivity contribution in [3.8, 4) is 0 Å². The van der Waals surface area contributed by atoms with Gasteiger partial charge in [0.25, 0.3) is 0 Å². The molecule has 44 heavy (non-hydrogen) atoms. The van der Waals surface area contributed by atoms with E-state index in [1.54, 1.807) is 6.33 Å². The van der Waals surface area contributed by atoms with E-state index in [4.69, 9.17) is 0 Å². The van der Waals surface area contributed by atoms with Crippen LogP contribution < -0.4 is 0 Å². The third-order valence-electron chi connectivity index (χ3n) is 8.42. The molecule has 1 fully saturated rings. The second kappa shape index (κ2) is 21.6. The molecule has 0 N–H and O–H groups in total. The maximum Gasteiger partial charge on any atom is 0.115 e. The SMILES string of the molecule is C=CC(/C=C\C)=C/C=C(\C)C/C(=C(/C)c1cncnc1)c1ccccc1C.CCC.CCC1CCN(CC(C)(C)CC)CC1. The number of benzene rings is 1. The topological polar surface area (TPSA) is 29.0 Å². The van der Waals surface area contributed by atoms with Crippen LogP contribution in [0.5, 0.6) is 0 Å². The lowest BCUT2D eigenvalue weighted by atomic mass is 9.87. The minimum absolute atomic E-state index is 0.513. The van der Waals surface area contributed by atoms with E-state index >= 15 is 0 Å². The minimum Gasteiger partial charge on any atom is -0.303 e. The molecule has 2 heterocycles. The highest BCUT2D eigenvalue weighted by atomic mass is 15.1. The fourth-order valence-corrected chi connectivity index (χ4v) is 5.24. The lowest BCUT2D eigenvalue weighted by Crippen LogP contribution is -2.39. The zero-order valence-corrected chi connectivity index (χ0v) is 29.9. The van der Waals surface area contributed by atoms with Crippen molar-refractivity contribution in [2.75, 3.05) is 19.6 Å². The van der Waals surface area contributed by atoms with Gasteiger partial charge in [0.15, 0.2) is 0 Å². The van der Waals surface area contributed by atoms with Crippen LogP contribution in [0.2, 0.25) is 0 Å². The van der Waals surface area contributed by atoms with Crippen molar-refractivity contribution in [1.82, 2.24) is 14.9 Å². The van der Waals surface area contributed by atoms with Gasteiger partial charge in [-0.15, -0.1) is 0 Å². The molecule has 0 amide bonds. The van der Waals surface area contributed by atoms with Crippen LogP contribution in [0.3, 0.4) is 0 Å². The van der Waals surface area contributed by atoms with Gasteiger partial charge < -0.3 is 4.90 Å². The number of rotatable bonds is 11. The highest BCUT2D eigenvalue weighted by Crippen LogP contribution is 2.32. The lowest BCUT2D eigenvalue weighted by molar-refractivity contribution is 0.124. The molecule has 0 radical (unpaired) electrons. The zero-order chi connectivity index (χ0) is 33.0. The first-order chi connectivity index (χ1) is 21.0. The van der Waals surface area contributed by atoms with Gasteiger partial charge in [0.1, 0.15) is 6.33 Å². The van der Waals surface area contributed by atoms with Crippen LogP contribution in [0.15, 0.2) is 91.1 Å². The number of piperidine rings is 1. The highest BCUT2D eigenvalue weighted by molar-refractivity contribution is 5.91. The average molecular weight is 598 g/mol. The van der Waals surface area contributed by atoms with Gasteiger partial charge in [-0.25, -0.2) is 9.97 Å². The maximum absolute atomic E-state index is 4.19. The summed E-state index contributed by atoms with van der Waals surface area (Å²) in [5.41, 5.74) is 9.01. The third-order valence-corrected chi connectivity index (χ3v) is 8.42. The predicted octanol–water partition coefficient (Wildman–Crippen LogP) is 11.7. The summed E-state index contributed by atoms with van der Waals surface area (Å²) >= 11 is 0. The van der Waals surface area contributed by atoms with Crippen molar-refractivity contribution < 1.29 is 0 Å². The average Bonchev–Trinajstić information content (AvgIpc) is 3.03. The lowest BCUT2D eigenvalue weighted by Gasteiger charge is -2.36. The summed E-state index contributed by atoms with van der Waals surface area (Å²) in [7, 11) is 0. The van der Waals surface area contributed by atoms with Gasteiger partial charge in [0.05, 0.1) is 0 Å². The second-order valence-electron chi connectivity index (χ2n) is 13.0. The van der Waals surface area contributed by atoms with Crippen molar-refractivity contribution in [3.63, 3.8) is 0 Å². The van der Waals surface area contributed by atoms with Crippen molar-refractivity contribution in [2.24, 2.45) is 11.3 Å². The Kier molecular flexibility index (Phi) is 19.2. The van der Waals surface area contributed by atoms with Gasteiger partial charge in [-0.2, -0.15) is 0 Å². The number of likely N-dealkylation sites (tertiary alicyclic amines) is 1. The van der Waals surface area contributed by atoms with Gasteiger partial charge >= 0.3 is 0 Å². The molecule has 1 aliphatic heterocycles. The van der Waals surface area contributed by atoms with E-state index in [1.807, 2.05) is 31.5 Å². The monoisotopic (exact) mass is 598 g/mol. The summed E-state index contributed by atoms with van der Waals surface area (Å²) in [6.07, 6.45) is 23.2. The number of hydrogen-bond donors (Lipinski definition) is 0. The first kappa shape index (κ1) is 39.0. The molecule has 1 saturated heterocycles. The molecule has 0 spiro atoms. The van der Waals surface area contributed by atoms with Crippen LogP contribution in [-0.2, 0) is 0 Å². The minimum atomic E-state index is 0.513. The van der Waals surface area contributed by atoms with Crippen LogP contribution >= 0.6 is 0 Å². The van der Waals surface area contributed by atoms with E-state index in [1.165, 1.54) is 79.6 Å². The Balaban J connectivity index is 0.000000476. The zero-order valence-electron chi connectivity index (χ0n) is 29.9. The molecule has 3 rings (SSSR count). The van der Waals surface area contributed by atoms with Crippen LogP contribution in [0.4, 0.5) is 0 Å². The molecule has 1 aliphatic rings. The fourth-order valence-electron chi connectivity index (χ4n) is 5.24. The third kappa shape index (κ3) is 14.6. The van der Waals surface area contributed by atoms with Gasteiger partial charge in [-0.1, -0.05) is 121 Å². The molecular weight excluding hydrogens is 534 g/mol. The molecule has 3 nitrogen and oxygen atoms in total. The molecule has 0 bridgehead atoms. The maximum atomic E-state index is 4.19. The Labute approximate surface area is 272 Å². The normalized spacial score (nSPS) is 15.6. The Hall–Kier alpha value is -3.04. The summed E-state index contributed by atoms with van der Waals surface area (Å²) < 4.78 is 0. The quantitative estimate of drug-likeness (QED) is 0.241. The van der Waals surface area contributed by atoms with Crippen molar-refractivity contribution in [3.05, 3.63) is 108 Å². The fraction of sp³-hybridized carbons (Fsp3) is 0.512. The van der Waals surface area contributed by atoms with Crippen LogP contribution in [0, 0.1) is 18.3 Å². The standard InChI is InChI=1S/C25H28N2.C13H27N.C3H8/c1-6-10-22(7-2)14-13-19(3)15-25(24-12-9-8-11-20(24)4)21(5)23-16-26-18-27-17-23;1-5-12-7-9-14(10-8-12)11-13(3,4)6-2;1-3-2/h6-14,16-18H,2,15H2,1,3-5H3;12H,5-11H2,1-4H3;3H2,1-2H3/b10-6-,19-13+,22-14-,25-21+;;. The van der Waals surface area contributed by atoms with E-state index in [0.29, 0.717) is 5.41 Å². The highest BCUT2D eigenvalue weighted by Gasteiger charge is 2.23. The summed E-state index contributed by atoms with van der Waals surface area (Å²) in [5.74, 6) is 1.01. The summed E-state index contributed by atoms with van der Waals surface area (Å²) in [6, 6.07) is 8.52. The summed E-state index contributed by atoms with van der Waals surface area (Å²) in [4.78, 5) is 11.0. The number of hydrogen-bond acceptors (Lipinski definition) is 3. The molecular formula is C41H63N3. The number of nitrogens with zero attached hydrogens (tertiary/aromatic N) is 3. The molecule has 0 atom stereocenters. The Morgan fingerprint density at radius 1 is 1.00 bits per heavy atom. The molecule has 3 heteroatoms. The van der Waals surface area contributed by atoms with E-state index in [0.717, 1.165) is 23.5 Å². The Bertz CT molecular complexity index is 1210. The number of aryl methyl sites for hydroxylation is 1. The van der Waals surface area contributed by atoms with Crippen LogP contribution in [0.1, 0.15) is 118 Å². The Morgan fingerprint density at radius 3 is 2.14 bits per heavy atom. The van der Waals surface area contributed by atoms with E-state index < -0.39 is 0 Å². The first-order valence-electron chi connectivity index (χ1n) is 16.9. The van der Waals surface area contributed by atoms with Gasteiger partial charge in [-0.05, 0) is 106 Å². The van der Waals surface area contributed by atoms with Gasteiger partial charge in [0.2, 0.25) is 0 Å². The molecule has 242 valence electrons. The van der Waals surface area contributed by atoms with E-state index in [2.05, 4.69) is 126 Å². The van der Waals surface area contributed by atoms with E-state index in [9.17, 15) is 0 Å². The first-order valence-corrected chi connectivity index (χ1v) is 16.9.